The number of ether oxygens (including phenoxy) is 1. The number of hydrogen-bond acceptors (Lipinski definition) is 3. The molecule has 0 aliphatic carbocycles. The number of hydrogen-bond donors (Lipinski definition) is 2. The van der Waals surface area contributed by atoms with Crippen LogP contribution in [0.25, 0.3) is 0 Å². The van der Waals surface area contributed by atoms with Gasteiger partial charge in [0.15, 0.2) is 0 Å². The van der Waals surface area contributed by atoms with E-state index in [2.05, 4.69) is 5.32 Å². The summed E-state index contributed by atoms with van der Waals surface area (Å²) < 4.78 is 18.5. The molecular formula is C14H22FNO2. The van der Waals surface area contributed by atoms with Crippen LogP contribution in [0.2, 0.25) is 0 Å². The molecule has 0 aromatic heterocycles. The van der Waals surface area contributed by atoms with Crippen LogP contribution in [-0.4, -0.2) is 30.4 Å². The normalized spacial score (nSPS) is 13.6. The third kappa shape index (κ3) is 5.12. The molecule has 0 saturated heterocycles. The molecule has 0 fully saturated rings. The summed E-state index contributed by atoms with van der Waals surface area (Å²) in [5.41, 5.74) is 0.313. The number of nitrogens with one attached hydrogen (secondary N) is 1. The second-order valence-corrected chi connectivity index (χ2v) is 4.89. The van der Waals surface area contributed by atoms with Crippen molar-refractivity contribution < 1.29 is 14.2 Å². The summed E-state index contributed by atoms with van der Waals surface area (Å²) in [6, 6.07) is 6.02. The standard InChI is InChI=1S/C14H22FNO2/c1-4-18-14(2,3)10-16-9-13(17)11-6-5-7-12(15)8-11/h5-8,13,16-17H,4,9-10H2,1-3H3. The highest BCUT2D eigenvalue weighted by atomic mass is 19.1. The van der Waals surface area contributed by atoms with Gasteiger partial charge < -0.3 is 15.2 Å². The Morgan fingerprint density at radius 1 is 1.44 bits per heavy atom. The maximum Gasteiger partial charge on any atom is 0.123 e. The molecule has 1 unspecified atom stereocenters. The van der Waals surface area contributed by atoms with Gasteiger partial charge in [0.1, 0.15) is 5.82 Å². The van der Waals surface area contributed by atoms with Gasteiger partial charge in [0.25, 0.3) is 0 Å². The van der Waals surface area contributed by atoms with E-state index in [1.807, 2.05) is 20.8 Å². The van der Waals surface area contributed by atoms with Crippen LogP contribution in [0.1, 0.15) is 32.4 Å². The third-order valence-corrected chi connectivity index (χ3v) is 2.66. The molecule has 1 rings (SSSR count). The number of aliphatic hydroxyl groups excluding tert-OH is 1. The number of rotatable bonds is 7. The fourth-order valence-electron chi connectivity index (χ4n) is 1.78. The van der Waals surface area contributed by atoms with E-state index in [-0.39, 0.29) is 11.4 Å². The smallest absolute Gasteiger partial charge is 0.123 e. The van der Waals surface area contributed by atoms with Crippen LogP contribution in [-0.2, 0) is 4.74 Å². The van der Waals surface area contributed by atoms with Crippen molar-refractivity contribution in [2.24, 2.45) is 0 Å². The summed E-state index contributed by atoms with van der Waals surface area (Å²) in [5, 5.41) is 13.0. The minimum absolute atomic E-state index is 0.267. The van der Waals surface area contributed by atoms with Crippen molar-refractivity contribution in [3.05, 3.63) is 35.6 Å². The van der Waals surface area contributed by atoms with E-state index in [4.69, 9.17) is 4.74 Å². The zero-order valence-electron chi connectivity index (χ0n) is 11.2. The lowest BCUT2D eigenvalue weighted by molar-refractivity contribution is -0.0104. The lowest BCUT2D eigenvalue weighted by Gasteiger charge is -2.25. The van der Waals surface area contributed by atoms with Crippen molar-refractivity contribution in [2.45, 2.75) is 32.5 Å². The molecule has 0 bridgehead atoms. The van der Waals surface area contributed by atoms with Crippen LogP contribution in [0, 0.1) is 5.82 Å². The lowest BCUT2D eigenvalue weighted by atomic mass is 10.1. The van der Waals surface area contributed by atoms with E-state index in [9.17, 15) is 9.50 Å². The van der Waals surface area contributed by atoms with Crippen LogP contribution in [0.5, 0.6) is 0 Å². The van der Waals surface area contributed by atoms with E-state index in [0.717, 1.165) is 0 Å². The first kappa shape index (κ1) is 15.1. The van der Waals surface area contributed by atoms with Gasteiger partial charge in [-0.05, 0) is 38.5 Å². The Bertz CT molecular complexity index is 369. The first-order valence-electron chi connectivity index (χ1n) is 6.23. The Hall–Kier alpha value is -0.970. The summed E-state index contributed by atoms with van der Waals surface area (Å²) in [4.78, 5) is 0. The largest absolute Gasteiger partial charge is 0.387 e. The van der Waals surface area contributed by atoms with Crippen molar-refractivity contribution >= 4 is 0 Å². The van der Waals surface area contributed by atoms with Crippen LogP contribution < -0.4 is 5.32 Å². The van der Waals surface area contributed by atoms with Crippen molar-refractivity contribution in [3.63, 3.8) is 0 Å². The Balaban J connectivity index is 2.40. The lowest BCUT2D eigenvalue weighted by Crippen LogP contribution is -2.39. The van der Waals surface area contributed by atoms with Gasteiger partial charge in [-0.2, -0.15) is 0 Å². The first-order valence-corrected chi connectivity index (χ1v) is 6.23. The van der Waals surface area contributed by atoms with E-state index >= 15 is 0 Å². The van der Waals surface area contributed by atoms with Crippen molar-refractivity contribution in [1.29, 1.82) is 0 Å². The molecule has 102 valence electrons. The van der Waals surface area contributed by atoms with E-state index in [1.54, 1.807) is 12.1 Å². The van der Waals surface area contributed by atoms with Gasteiger partial charge >= 0.3 is 0 Å². The van der Waals surface area contributed by atoms with Gasteiger partial charge in [-0.1, -0.05) is 12.1 Å². The van der Waals surface area contributed by atoms with Gasteiger partial charge in [0.2, 0.25) is 0 Å². The summed E-state index contributed by atoms with van der Waals surface area (Å²) in [7, 11) is 0. The number of halogens is 1. The predicted molar refractivity (Wildman–Crippen MR) is 69.9 cm³/mol. The topological polar surface area (TPSA) is 41.5 Å². The zero-order chi connectivity index (χ0) is 13.6. The van der Waals surface area contributed by atoms with E-state index < -0.39 is 6.10 Å². The molecule has 0 heterocycles. The molecule has 0 radical (unpaired) electrons. The quantitative estimate of drug-likeness (QED) is 0.785. The molecule has 4 heteroatoms. The SMILES string of the molecule is CCOC(C)(C)CNCC(O)c1cccc(F)c1. The molecule has 0 saturated carbocycles. The molecule has 0 aliphatic heterocycles. The highest BCUT2D eigenvalue weighted by Gasteiger charge is 2.17. The summed E-state index contributed by atoms with van der Waals surface area (Å²) in [6.45, 7) is 7.58. The van der Waals surface area contributed by atoms with E-state index in [0.29, 0.717) is 25.3 Å². The molecule has 1 aromatic carbocycles. The molecule has 0 aliphatic rings. The summed E-state index contributed by atoms with van der Waals surface area (Å²) >= 11 is 0. The number of benzene rings is 1. The second-order valence-electron chi connectivity index (χ2n) is 4.89. The average molecular weight is 255 g/mol. The molecular weight excluding hydrogens is 233 g/mol. The molecule has 0 amide bonds. The Morgan fingerprint density at radius 2 is 2.17 bits per heavy atom. The van der Waals surface area contributed by atoms with Crippen LogP contribution in [0.3, 0.4) is 0 Å². The summed E-state index contributed by atoms with van der Waals surface area (Å²) in [6.07, 6.45) is -0.710. The second kappa shape index (κ2) is 6.83. The van der Waals surface area contributed by atoms with Crippen molar-refractivity contribution in [1.82, 2.24) is 5.32 Å². The predicted octanol–water partition coefficient (Wildman–Crippen LogP) is 2.26. The van der Waals surface area contributed by atoms with Gasteiger partial charge in [-0.3, -0.25) is 0 Å². The Morgan fingerprint density at radius 3 is 2.78 bits per heavy atom. The highest BCUT2D eigenvalue weighted by Crippen LogP contribution is 2.13. The van der Waals surface area contributed by atoms with Crippen LogP contribution >= 0.6 is 0 Å². The minimum atomic E-state index is -0.710. The molecule has 18 heavy (non-hydrogen) atoms. The Labute approximate surface area is 108 Å². The maximum atomic E-state index is 13.0. The van der Waals surface area contributed by atoms with Crippen LogP contribution in [0.4, 0.5) is 4.39 Å². The van der Waals surface area contributed by atoms with Gasteiger partial charge in [-0.25, -0.2) is 4.39 Å². The van der Waals surface area contributed by atoms with Crippen molar-refractivity contribution in [2.75, 3.05) is 19.7 Å². The molecule has 3 nitrogen and oxygen atoms in total. The zero-order valence-corrected chi connectivity index (χ0v) is 11.2. The monoisotopic (exact) mass is 255 g/mol. The van der Waals surface area contributed by atoms with E-state index in [1.165, 1.54) is 12.1 Å². The highest BCUT2D eigenvalue weighted by molar-refractivity contribution is 5.18. The Kier molecular flexibility index (Phi) is 5.72. The van der Waals surface area contributed by atoms with Gasteiger partial charge in [-0.15, -0.1) is 0 Å². The molecule has 1 aromatic rings. The molecule has 0 spiro atoms. The van der Waals surface area contributed by atoms with Crippen LogP contribution in [0.15, 0.2) is 24.3 Å². The molecule has 2 N–H and O–H groups in total. The first-order chi connectivity index (χ1) is 8.44. The maximum absolute atomic E-state index is 13.0. The third-order valence-electron chi connectivity index (χ3n) is 2.66. The van der Waals surface area contributed by atoms with Gasteiger partial charge in [0, 0.05) is 19.7 Å². The fraction of sp³-hybridized carbons (Fsp3) is 0.571. The van der Waals surface area contributed by atoms with Gasteiger partial charge in [0.05, 0.1) is 11.7 Å². The van der Waals surface area contributed by atoms with Crippen molar-refractivity contribution in [3.8, 4) is 0 Å². The molecule has 1 atom stereocenters. The summed E-state index contributed by atoms with van der Waals surface area (Å²) in [5.74, 6) is -0.332. The average Bonchev–Trinajstić information content (AvgIpc) is 2.28. The number of aliphatic hydroxyl groups is 1. The fourth-order valence-corrected chi connectivity index (χ4v) is 1.78. The minimum Gasteiger partial charge on any atom is -0.387 e.